The molecule has 4 aromatic rings. The third kappa shape index (κ3) is 3.19. The lowest BCUT2D eigenvalue weighted by molar-refractivity contribution is 0.576. The Kier molecular flexibility index (Phi) is 4.51. The monoisotopic (exact) mass is 376 g/mol. The zero-order valence-electron chi connectivity index (χ0n) is 14.5. The van der Waals surface area contributed by atoms with E-state index in [-0.39, 0.29) is 23.7 Å². The number of benzene rings is 1. The van der Waals surface area contributed by atoms with Crippen LogP contribution in [0, 0.1) is 18.2 Å². The summed E-state index contributed by atoms with van der Waals surface area (Å²) in [6, 6.07) is 9.74. The van der Waals surface area contributed by atoms with Gasteiger partial charge in [0.1, 0.15) is 5.82 Å². The predicted molar refractivity (Wildman–Crippen MR) is 99.9 cm³/mol. The van der Waals surface area contributed by atoms with Crippen molar-refractivity contribution in [2.75, 3.05) is 0 Å². The van der Waals surface area contributed by atoms with Gasteiger partial charge < -0.3 is 10.6 Å². The molecule has 1 atom stereocenters. The maximum absolute atomic E-state index is 14.1. The molecule has 3 heterocycles. The molecule has 2 N–H and O–H groups in total. The van der Waals surface area contributed by atoms with E-state index in [1.54, 1.807) is 35.3 Å². The summed E-state index contributed by atoms with van der Waals surface area (Å²) in [5.74, 6) is -0.776. The van der Waals surface area contributed by atoms with Crippen molar-refractivity contribution in [3.63, 3.8) is 0 Å². The number of halogens is 2. The van der Waals surface area contributed by atoms with E-state index < -0.39 is 11.9 Å². The third-order valence-corrected chi connectivity index (χ3v) is 4.36. The second-order valence-electron chi connectivity index (χ2n) is 6.19. The van der Waals surface area contributed by atoms with E-state index >= 15 is 0 Å². The second-order valence-corrected chi connectivity index (χ2v) is 6.19. The lowest BCUT2D eigenvalue weighted by atomic mass is 10.1. The van der Waals surface area contributed by atoms with Crippen molar-refractivity contribution >= 4 is 16.7 Å². The highest BCUT2D eigenvalue weighted by Gasteiger charge is 2.21. The van der Waals surface area contributed by atoms with E-state index in [1.165, 1.54) is 24.3 Å². The van der Waals surface area contributed by atoms with Crippen LogP contribution < -0.4 is 5.73 Å². The first-order valence-corrected chi connectivity index (χ1v) is 8.44. The van der Waals surface area contributed by atoms with Crippen LogP contribution in [-0.4, -0.2) is 19.7 Å². The molecule has 0 amide bonds. The number of hydrogen-bond acceptors (Lipinski definition) is 4. The zero-order valence-corrected chi connectivity index (χ0v) is 14.5. The average molecular weight is 376 g/mol. The maximum Gasteiger partial charge on any atom is 0.269 e. The van der Waals surface area contributed by atoms with E-state index in [9.17, 15) is 8.78 Å². The van der Waals surface area contributed by atoms with Crippen LogP contribution in [0.3, 0.4) is 0 Å². The van der Waals surface area contributed by atoms with Gasteiger partial charge in [-0.3, -0.25) is 4.98 Å². The number of rotatable bonds is 4. The van der Waals surface area contributed by atoms with Gasteiger partial charge in [-0.2, -0.15) is 5.10 Å². The van der Waals surface area contributed by atoms with Crippen LogP contribution in [0.2, 0.25) is 0 Å². The molecule has 0 aliphatic carbocycles. The lowest BCUT2D eigenvalue weighted by Gasteiger charge is -2.15. The Morgan fingerprint density at radius 1 is 1.18 bits per heavy atom. The predicted octanol–water partition coefficient (Wildman–Crippen LogP) is 3.89. The van der Waals surface area contributed by atoms with Gasteiger partial charge >= 0.3 is 0 Å². The number of fused-ring (bicyclic) bond motifs is 1. The van der Waals surface area contributed by atoms with Crippen molar-refractivity contribution in [3.05, 3.63) is 89.3 Å². The Labute approximate surface area is 159 Å². The minimum atomic E-state index is -0.682. The summed E-state index contributed by atoms with van der Waals surface area (Å²) < 4.78 is 29.2. The Bertz CT molecular complexity index is 1210. The van der Waals surface area contributed by atoms with E-state index in [1.807, 2.05) is 0 Å². The maximum atomic E-state index is 14.1. The summed E-state index contributed by atoms with van der Waals surface area (Å²) in [5, 5.41) is 4.97. The van der Waals surface area contributed by atoms with Crippen molar-refractivity contribution in [2.24, 2.45) is 5.73 Å². The number of aromatic nitrogens is 4. The summed E-state index contributed by atoms with van der Waals surface area (Å²) >= 11 is 0. The Hall–Kier alpha value is -3.70. The molecule has 0 unspecified atom stereocenters. The van der Waals surface area contributed by atoms with Crippen molar-refractivity contribution in [1.29, 1.82) is 0 Å². The van der Waals surface area contributed by atoms with Crippen LogP contribution in [0.5, 0.6) is 0 Å². The van der Waals surface area contributed by atoms with Crippen molar-refractivity contribution < 1.29 is 8.78 Å². The van der Waals surface area contributed by atoms with Gasteiger partial charge in [0.2, 0.25) is 0 Å². The van der Waals surface area contributed by atoms with Gasteiger partial charge in [-0.15, -0.1) is 4.98 Å². The van der Waals surface area contributed by atoms with Crippen LogP contribution >= 0.6 is 0 Å². The fourth-order valence-corrected chi connectivity index (χ4v) is 3.05. The highest BCUT2D eigenvalue weighted by atomic mass is 19.1. The largest absolute Gasteiger partial charge is 0.361 e. The highest BCUT2D eigenvalue weighted by Crippen LogP contribution is 2.25. The first-order valence-electron chi connectivity index (χ1n) is 8.44. The standard InChI is InChI=1S/C20H14F2N6/c1-24-19-7-5-14(22)16(27-19)10-15(23)20-18(3-2-8-25-20)28-17-6-4-13(21)9-12(17)11-26-28/h2-9,11,15H,10,23H2/t15-/m0/s1. The third-order valence-electron chi connectivity index (χ3n) is 4.36. The van der Waals surface area contributed by atoms with Crippen LogP contribution in [0.25, 0.3) is 21.4 Å². The molecule has 0 spiro atoms. The highest BCUT2D eigenvalue weighted by molar-refractivity contribution is 5.80. The topological polar surface area (TPSA) is 74.0 Å². The molecule has 4 rings (SSSR count). The second kappa shape index (κ2) is 7.13. The quantitative estimate of drug-likeness (QED) is 0.549. The first-order chi connectivity index (χ1) is 13.6. The molecule has 8 heteroatoms. The van der Waals surface area contributed by atoms with Gasteiger partial charge in [-0.25, -0.2) is 13.5 Å². The Morgan fingerprint density at radius 2 is 2.04 bits per heavy atom. The van der Waals surface area contributed by atoms with Gasteiger partial charge in [-0.1, -0.05) is 6.57 Å². The van der Waals surface area contributed by atoms with Crippen molar-refractivity contribution in [2.45, 2.75) is 12.5 Å². The molecule has 1 aromatic carbocycles. The molecule has 0 aliphatic heterocycles. The molecule has 0 bridgehead atoms. The molecule has 0 aliphatic rings. The first kappa shape index (κ1) is 17.7. The SMILES string of the molecule is [C-]#[N+]c1ccc(F)c(C[C@H](N)c2ncccc2-n2ncc3cc(F)ccc32)n1. The molecule has 138 valence electrons. The van der Waals surface area contributed by atoms with Gasteiger partial charge in [0.25, 0.3) is 5.82 Å². The number of nitrogens with two attached hydrogens (primary N) is 1. The minimum absolute atomic E-state index is 0.0625. The molecule has 0 saturated carbocycles. The zero-order chi connectivity index (χ0) is 19.7. The van der Waals surface area contributed by atoms with Gasteiger partial charge in [0.05, 0.1) is 29.1 Å². The normalized spacial score (nSPS) is 12.1. The van der Waals surface area contributed by atoms with E-state index in [4.69, 9.17) is 12.3 Å². The van der Waals surface area contributed by atoms with Crippen LogP contribution in [0.4, 0.5) is 14.6 Å². The van der Waals surface area contributed by atoms with Gasteiger partial charge in [0, 0.05) is 18.0 Å². The number of nitrogens with zero attached hydrogens (tertiary/aromatic N) is 5. The summed E-state index contributed by atoms with van der Waals surface area (Å²) in [4.78, 5) is 11.6. The fraction of sp³-hybridized carbons (Fsp3) is 0.100. The molecule has 0 radical (unpaired) electrons. The van der Waals surface area contributed by atoms with E-state index in [2.05, 4.69) is 19.9 Å². The molecule has 28 heavy (non-hydrogen) atoms. The Balaban J connectivity index is 1.74. The molecule has 0 fully saturated rings. The van der Waals surface area contributed by atoms with Crippen LogP contribution in [0.1, 0.15) is 17.4 Å². The average Bonchev–Trinajstić information content (AvgIpc) is 3.12. The van der Waals surface area contributed by atoms with Gasteiger partial charge in [-0.05, 0) is 42.5 Å². The number of hydrogen-bond donors (Lipinski definition) is 1. The summed E-state index contributed by atoms with van der Waals surface area (Å²) in [7, 11) is 0. The lowest BCUT2D eigenvalue weighted by Crippen LogP contribution is -2.19. The smallest absolute Gasteiger partial charge is 0.269 e. The molecular formula is C20H14F2N6. The van der Waals surface area contributed by atoms with E-state index in [0.29, 0.717) is 22.3 Å². The van der Waals surface area contributed by atoms with E-state index in [0.717, 1.165) is 0 Å². The Morgan fingerprint density at radius 3 is 2.86 bits per heavy atom. The number of pyridine rings is 2. The fourth-order valence-electron chi connectivity index (χ4n) is 3.05. The van der Waals surface area contributed by atoms with Crippen LogP contribution in [0.15, 0.2) is 54.9 Å². The van der Waals surface area contributed by atoms with Gasteiger partial charge in [0.15, 0.2) is 11.5 Å². The molecule has 0 saturated heterocycles. The summed E-state index contributed by atoms with van der Waals surface area (Å²) in [6.45, 7) is 7.04. The molecule has 6 nitrogen and oxygen atoms in total. The van der Waals surface area contributed by atoms with Crippen molar-refractivity contribution in [1.82, 2.24) is 19.7 Å². The molecular weight excluding hydrogens is 362 g/mol. The van der Waals surface area contributed by atoms with Crippen molar-refractivity contribution in [3.8, 4) is 5.69 Å². The summed E-state index contributed by atoms with van der Waals surface area (Å²) in [6.07, 6.45) is 3.21. The summed E-state index contributed by atoms with van der Waals surface area (Å²) in [5.41, 5.74) is 8.21. The molecule has 3 aromatic heterocycles. The minimum Gasteiger partial charge on any atom is -0.361 e. The van der Waals surface area contributed by atoms with Crippen LogP contribution in [-0.2, 0) is 6.42 Å².